The first-order valence-electron chi connectivity index (χ1n) is 2.25. The number of hydrogen-bond acceptors (Lipinski definition) is 2. The third-order valence-corrected chi connectivity index (χ3v) is 0.636. The maximum Gasteiger partial charge on any atom is 0.489 e. The summed E-state index contributed by atoms with van der Waals surface area (Å²) in [5.41, 5.74) is 0. The van der Waals surface area contributed by atoms with Crippen LogP contribution in [0.5, 0.6) is 0 Å². The highest BCUT2D eigenvalue weighted by molar-refractivity contribution is 5.94. The van der Waals surface area contributed by atoms with Crippen molar-refractivity contribution in [2.75, 3.05) is 7.11 Å². The molecular formula is C5H9O3+. The molecule has 0 atom stereocenters. The Balaban J connectivity index is 3.40. The van der Waals surface area contributed by atoms with E-state index < -0.39 is 0 Å². The molecular weight excluding hydrogens is 108 g/mol. The average Bonchev–Trinajstić information content (AvgIpc) is 1.65. The molecule has 0 fully saturated rings. The summed E-state index contributed by atoms with van der Waals surface area (Å²) in [7, 11) is 1.32. The fraction of sp³-hybridized carbons (Fsp3) is 0.600. The standard InChI is InChI=1S/C5H8O3/c1-4(6)3-5(7)8-2/h3H2,1-2H3/p+1. The predicted molar refractivity (Wildman–Crippen MR) is 29.2 cm³/mol. The summed E-state index contributed by atoms with van der Waals surface area (Å²) >= 11 is 0. The van der Waals surface area contributed by atoms with E-state index in [-0.39, 0.29) is 18.2 Å². The van der Waals surface area contributed by atoms with E-state index in [1.54, 1.807) is 0 Å². The Morgan fingerprint density at radius 2 is 2.25 bits per heavy atom. The van der Waals surface area contributed by atoms with Crippen LogP contribution < -0.4 is 0 Å². The second kappa shape index (κ2) is 3.18. The van der Waals surface area contributed by atoms with Gasteiger partial charge >= 0.3 is 5.97 Å². The van der Waals surface area contributed by atoms with Crippen LogP contribution >= 0.6 is 0 Å². The number of Topliss-reactive ketones (excluding diaryl/α,β-unsaturated/α-hetero) is 1. The minimum absolute atomic E-state index is 0.00347. The Kier molecular flexibility index (Phi) is 2.84. The molecule has 0 aromatic rings. The van der Waals surface area contributed by atoms with Crippen molar-refractivity contribution >= 4 is 11.8 Å². The molecule has 3 heteroatoms. The molecule has 0 saturated heterocycles. The number of carbonyl (C=O) groups excluding carboxylic acids is 2. The van der Waals surface area contributed by atoms with Crippen LogP contribution in [-0.2, 0) is 9.53 Å². The number of hydrogen-bond donors (Lipinski definition) is 0. The van der Waals surface area contributed by atoms with Gasteiger partial charge in [-0.15, -0.1) is 0 Å². The van der Waals surface area contributed by atoms with Gasteiger partial charge in [-0.05, 0) is 6.92 Å². The number of ketones is 1. The minimum atomic E-state index is -0.225. The third kappa shape index (κ3) is 3.33. The minimum Gasteiger partial charge on any atom is -0.339 e. The Bertz CT molecular complexity index is 106. The van der Waals surface area contributed by atoms with E-state index in [1.807, 2.05) is 0 Å². The summed E-state index contributed by atoms with van der Waals surface area (Å²) in [4.78, 5) is 18.7. The molecule has 1 N–H and O–H groups in total. The van der Waals surface area contributed by atoms with E-state index in [2.05, 4.69) is 4.74 Å². The molecule has 0 radical (unpaired) electrons. The van der Waals surface area contributed by atoms with E-state index in [0.29, 0.717) is 0 Å². The number of methoxy groups -OCH3 is 1. The van der Waals surface area contributed by atoms with Crippen LogP contribution in [0.4, 0.5) is 0 Å². The molecule has 46 valence electrons. The Morgan fingerprint density at radius 3 is 2.38 bits per heavy atom. The molecule has 0 heterocycles. The highest BCUT2D eigenvalue weighted by Crippen LogP contribution is 1.82. The fourth-order valence-electron chi connectivity index (χ4n) is 0.285. The molecule has 0 rings (SSSR count). The summed E-state index contributed by atoms with van der Waals surface area (Å²) < 4.78 is 4.31. The molecule has 0 aliphatic rings. The van der Waals surface area contributed by atoms with E-state index in [9.17, 15) is 4.79 Å². The zero-order valence-electron chi connectivity index (χ0n) is 4.97. The SMILES string of the molecule is COC(=[OH+])CC(C)=O. The molecule has 0 aromatic heterocycles. The molecule has 0 amide bonds. The molecule has 0 spiro atoms. The first-order chi connectivity index (χ1) is 3.66. The summed E-state index contributed by atoms with van der Waals surface area (Å²) in [6.45, 7) is 1.38. The van der Waals surface area contributed by atoms with Crippen LogP contribution in [0.15, 0.2) is 0 Å². The van der Waals surface area contributed by atoms with Gasteiger partial charge in [0.1, 0.15) is 5.78 Å². The molecule has 8 heavy (non-hydrogen) atoms. The lowest BCUT2D eigenvalue weighted by Gasteiger charge is -1.81. The van der Waals surface area contributed by atoms with E-state index in [0.717, 1.165) is 0 Å². The van der Waals surface area contributed by atoms with E-state index >= 15 is 0 Å². The van der Waals surface area contributed by atoms with E-state index in [1.165, 1.54) is 14.0 Å². The van der Waals surface area contributed by atoms with Gasteiger partial charge in [0.25, 0.3) is 0 Å². The van der Waals surface area contributed by atoms with Gasteiger partial charge in [-0.1, -0.05) is 0 Å². The lowest BCUT2D eigenvalue weighted by molar-refractivity contribution is -0.116. The highest BCUT2D eigenvalue weighted by Gasteiger charge is 2.10. The normalized spacial score (nSPS) is 8.25. The van der Waals surface area contributed by atoms with Crippen LogP contribution in [0.25, 0.3) is 0 Å². The van der Waals surface area contributed by atoms with Gasteiger partial charge in [0.2, 0.25) is 0 Å². The first-order valence-corrected chi connectivity index (χ1v) is 2.25. The van der Waals surface area contributed by atoms with Crippen molar-refractivity contribution in [3.8, 4) is 0 Å². The Hall–Kier alpha value is -0.860. The van der Waals surface area contributed by atoms with Crippen molar-refractivity contribution in [1.29, 1.82) is 0 Å². The Morgan fingerprint density at radius 1 is 1.75 bits per heavy atom. The monoisotopic (exact) mass is 117 g/mol. The largest absolute Gasteiger partial charge is 0.489 e. The molecule has 0 unspecified atom stereocenters. The van der Waals surface area contributed by atoms with Crippen LogP contribution in [0.1, 0.15) is 13.3 Å². The topological polar surface area (TPSA) is 47.7 Å². The van der Waals surface area contributed by atoms with Gasteiger partial charge in [-0.3, -0.25) is 4.79 Å². The van der Waals surface area contributed by atoms with Gasteiger partial charge in [0, 0.05) is 0 Å². The van der Waals surface area contributed by atoms with Gasteiger partial charge in [-0.25, -0.2) is 0 Å². The van der Waals surface area contributed by atoms with Gasteiger partial charge in [0.15, 0.2) is 13.5 Å². The molecule has 0 saturated carbocycles. The first kappa shape index (κ1) is 7.14. The molecule has 0 bridgehead atoms. The number of rotatable bonds is 2. The van der Waals surface area contributed by atoms with Crippen LogP contribution in [-0.4, -0.2) is 23.7 Å². The fourth-order valence-corrected chi connectivity index (χ4v) is 0.285. The molecule has 0 aliphatic carbocycles. The van der Waals surface area contributed by atoms with Gasteiger partial charge in [-0.2, -0.15) is 0 Å². The van der Waals surface area contributed by atoms with Crippen molar-refractivity contribution in [1.82, 2.24) is 0 Å². The smallest absolute Gasteiger partial charge is 0.339 e. The zero-order valence-corrected chi connectivity index (χ0v) is 4.97. The zero-order chi connectivity index (χ0) is 6.57. The maximum absolute atomic E-state index is 10.2. The molecule has 0 aromatic carbocycles. The maximum atomic E-state index is 10.2. The second-order valence-corrected chi connectivity index (χ2v) is 1.48. The van der Waals surface area contributed by atoms with Gasteiger partial charge < -0.3 is 9.53 Å². The summed E-state index contributed by atoms with van der Waals surface area (Å²) in [6.07, 6.45) is -0.00347. The van der Waals surface area contributed by atoms with Crippen LogP contribution in [0, 0.1) is 0 Å². The van der Waals surface area contributed by atoms with Crippen molar-refractivity contribution in [2.24, 2.45) is 0 Å². The molecule has 3 nitrogen and oxygen atoms in total. The van der Waals surface area contributed by atoms with Crippen molar-refractivity contribution < 1.29 is 14.3 Å². The highest BCUT2D eigenvalue weighted by atomic mass is 16.5. The van der Waals surface area contributed by atoms with Crippen LogP contribution in [0.3, 0.4) is 0 Å². The summed E-state index contributed by atoms with van der Waals surface area (Å²) in [6, 6.07) is 0. The van der Waals surface area contributed by atoms with Crippen molar-refractivity contribution in [3.05, 3.63) is 0 Å². The second-order valence-electron chi connectivity index (χ2n) is 1.48. The van der Waals surface area contributed by atoms with Gasteiger partial charge in [0.05, 0.1) is 0 Å². The van der Waals surface area contributed by atoms with E-state index in [4.69, 9.17) is 4.79 Å². The van der Waals surface area contributed by atoms with Crippen molar-refractivity contribution in [3.63, 3.8) is 0 Å². The number of esters is 1. The van der Waals surface area contributed by atoms with Crippen molar-refractivity contribution in [2.45, 2.75) is 13.3 Å². The lowest BCUT2D eigenvalue weighted by Crippen LogP contribution is -2.05. The third-order valence-electron chi connectivity index (χ3n) is 0.636. The van der Waals surface area contributed by atoms with Crippen LogP contribution in [0.2, 0.25) is 0 Å². The molecule has 0 aliphatic heterocycles. The predicted octanol–water partition coefficient (Wildman–Crippen LogP) is 0.114. The quantitative estimate of drug-likeness (QED) is 0.293. The average molecular weight is 117 g/mol. The summed E-state index contributed by atoms with van der Waals surface area (Å²) in [5, 5.41) is 0. The Labute approximate surface area is 47.6 Å². The lowest BCUT2D eigenvalue weighted by atomic mass is 10.3. The summed E-state index contributed by atoms with van der Waals surface area (Å²) in [5.74, 6) is -0.332. The number of ether oxygens (including phenoxy) is 1. The number of carbonyl (C=O) groups is 1.